The van der Waals surface area contributed by atoms with Gasteiger partial charge < -0.3 is 15.2 Å². The van der Waals surface area contributed by atoms with E-state index in [0.29, 0.717) is 0 Å². The van der Waals surface area contributed by atoms with Crippen molar-refractivity contribution < 1.29 is 9.84 Å². The molecule has 5 nitrogen and oxygen atoms in total. The van der Waals surface area contributed by atoms with Gasteiger partial charge in [-0.15, -0.1) is 11.3 Å². The number of hydrogen-bond acceptors (Lipinski definition) is 6. The van der Waals surface area contributed by atoms with E-state index in [-0.39, 0.29) is 5.75 Å². The Bertz CT molecular complexity index is 1070. The van der Waals surface area contributed by atoms with Gasteiger partial charge in [0.05, 0.1) is 12.5 Å². The normalized spacial score (nSPS) is 10.8. The van der Waals surface area contributed by atoms with Gasteiger partial charge in [-0.25, -0.2) is 9.97 Å². The lowest BCUT2D eigenvalue weighted by Crippen LogP contribution is -1.97. The minimum atomic E-state index is 0.246. The van der Waals surface area contributed by atoms with Gasteiger partial charge in [-0.05, 0) is 48.4 Å². The van der Waals surface area contributed by atoms with Gasteiger partial charge in [-0.2, -0.15) is 0 Å². The van der Waals surface area contributed by atoms with Gasteiger partial charge in [0.1, 0.15) is 28.5 Å². The lowest BCUT2D eigenvalue weighted by molar-refractivity contribution is 0.415. The molecule has 4 aromatic rings. The second-order valence-corrected chi connectivity index (χ2v) is 6.76. The van der Waals surface area contributed by atoms with E-state index in [4.69, 9.17) is 4.74 Å². The molecule has 0 aliphatic rings. The molecule has 0 atom stereocenters. The van der Waals surface area contributed by atoms with Crippen LogP contribution < -0.4 is 10.1 Å². The number of hydrogen-bond donors (Lipinski definition) is 2. The Morgan fingerprint density at radius 1 is 1.08 bits per heavy atom. The molecule has 2 N–H and O–H groups in total. The van der Waals surface area contributed by atoms with Gasteiger partial charge in [-0.3, -0.25) is 0 Å². The maximum absolute atomic E-state index is 9.62. The number of phenolic OH excluding ortho intramolecular Hbond substituents is 1. The molecule has 26 heavy (non-hydrogen) atoms. The summed E-state index contributed by atoms with van der Waals surface area (Å²) < 4.78 is 5.24. The van der Waals surface area contributed by atoms with E-state index < -0.39 is 0 Å². The number of thiophene rings is 1. The first-order valence-electron chi connectivity index (χ1n) is 8.09. The number of nitrogens with zero attached hydrogens (tertiary/aromatic N) is 2. The van der Waals surface area contributed by atoms with Gasteiger partial charge >= 0.3 is 0 Å². The molecule has 0 saturated heterocycles. The van der Waals surface area contributed by atoms with Crippen LogP contribution in [-0.2, 0) is 0 Å². The molecular formula is C20H17N3O2S. The Morgan fingerprint density at radius 2 is 1.88 bits per heavy atom. The van der Waals surface area contributed by atoms with Crippen LogP contribution in [0.5, 0.6) is 11.5 Å². The van der Waals surface area contributed by atoms with Gasteiger partial charge in [0.15, 0.2) is 0 Å². The zero-order valence-corrected chi connectivity index (χ0v) is 15.2. The van der Waals surface area contributed by atoms with Crippen LogP contribution in [0.1, 0.15) is 5.56 Å². The van der Waals surface area contributed by atoms with E-state index >= 15 is 0 Å². The van der Waals surface area contributed by atoms with Crippen molar-refractivity contribution in [1.82, 2.24) is 9.97 Å². The number of methoxy groups -OCH3 is 1. The fourth-order valence-electron chi connectivity index (χ4n) is 2.87. The van der Waals surface area contributed by atoms with E-state index in [1.165, 1.54) is 0 Å². The summed E-state index contributed by atoms with van der Waals surface area (Å²) in [6.45, 7) is 1.94. The lowest BCUT2D eigenvalue weighted by Gasteiger charge is -2.11. The minimum absolute atomic E-state index is 0.246. The number of anilines is 2. The summed E-state index contributed by atoms with van der Waals surface area (Å²) in [5, 5.41) is 16.1. The first-order valence-corrected chi connectivity index (χ1v) is 8.97. The highest BCUT2D eigenvalue weighted by molar-refractivity contribution is 7.17. The first kappa shape index (κ1) is 16.4. The second kappa shape index (κ2) is 6.65. The maximum atomic E-state index is 9.62. The number of fused-ring (bicyclic) bond motifs is 1. The summed E-state index contributed by atoms with van der Waals surface area (Å²) in [7, 11) is 1.66. The molecule has 0 spiro atoms. The van der Waals surface area contributed by atoms with Crippen molar-refractivity contribution in [3.05, 3.63) is 59.7 Å². The zero-order valence-electron chi connectivity index (χ0n) is 14.4. The van der Waals surface area contributed by atoms with Crippen LogP contribution in [0.15, 0.2) is 54.2 Å². The van der Waals surface area contributed by atoms with Crippen molar-refractivity contribution in [2.75, 3.05) is 12.4 Å². The average molecular weight is 363 g/mol. The van der Waals surface area contributed by atoms with Gasteiger partial charge in [-0.1, -0.05) is 12.1 Å². The molecule has 2 aromatic heterocycles. The van der Waals surface area contributed by atoms with E-state index in [1.807, 2.05) is 37.3 Å². The van der Waals surface area contributed by atoms with E-state index in [2.05, 4.69) is 20.7 Å². The quantitative estimate of drug-likeness (QED) is 0.492. The molecule has 130 valence electrons. The second-order valence-electron chi connectivity index (χ2n) is 5.90. The largest absolute Gasteiger partial charge is 0.508 e. The highest BCUT2D eigenvalue weighted by Gasteiger charge is 2.14. The average Bonchev–Trinajstić information content (AvgIpc) is 3.09. The van der Waals surface area contributed by atoms with E-state index in [9.17, 15) is 5.11 Å². The Hall–Kier alpha value is -3.12. The molecule has 0 radical (unpaired) electrons. The number of aromatic nitrogens is 2. The van der Waals surface area contributed by atoms with Crippen molar-refractivity contribution >= 4 is 33.1 Å². The summed E-state index contributed by atoms with van der Waals surface area (Å²) in [5.41, 5.74) is 4.00. The number of phenols is 1. The molecule has 0 aliphatic carbocycles. The van der Waals surface area contributed by atoms with Crippen LogP contribution in [0.2, 0.25) is 0 Å². The van der Waals surface area contributed by atoms with Gasteiger partial charge in [0, 0.05) is 16.6 Å². The summed E-state index contributed by atoms with van der Waals surface area (Å²) in [5.74, 6) is 1.81. The molecule has 0 saturated carbocycles. The highest BCUT2D eigenvalue weighted by Crippen LogP contribution is 2.38. The number of ether oxygens (including phenoxy) is 1. The molecule has 2 aromatic carbocycles. The predicted octanol–water partition coefficient (Wildman–Crippen LogP) is 5.12. The lowest BCUT2D eigenvalue weighted by atomic mass is 10.1. The van der Waals surface area contributed by atoms with Crippen LogP contribution >= 0.6 is 11.3 Å². The van der Waals surface area contributed by atoms with Crippen LogP contribution in [0.3, 0.4) is 0 Å². The Kier molecular flexibility index (Phi) is 4.18. The Labute approximate surface area is 154 Å². The number of benzene rings is 2. The summed E-state index contributed by atoms with van der Waals surface area (Å²) in [6.07, 6.45) is 1.56. The number of aromatic hydroxyl groups is 1. The third kappa shape index (κ3) is 2.95. The van der Waals surface area contributed by atoms with Crippen molar-refractivity contribution in [3.63, 3.8) is 0 Å². The molecule has 6 heteroatoms. The van der Waals surface area contributed by atoms with Gasteiger partial charge in [0.2, 0.25) is 0 Å². The molecule has 4 rings (SSSR count). The third-order valence-electron chi connectivity index (χ3n) is 4.23. The number of nitrogens with one attached hydrogen (secondary N) is 1. The van der Waals surface area contributed by atoms with E-state index in [0.717, 1.165) is 44.2 Å². The van der Waals surface area contributed by atoms with Crippen LogP contribution in [-0.4, -0.2) is 22.2 Å². The standard InChI is InChI=1S/C20H17N3O2S/c1-12-9-14(24)5-8-17(12)23-19-18-16(10-26-20(18)22-11-21-19)13-3-6-15(25-2)7-4-13/h3-11,24H,1-2H3,(H,21,22,23). The zero-order chi connectivity index (χ0) is 18.1. The van der Waals surface area contributed by atoms with E-state index in [1.54, 1.807) is 36.9 Å². The van der Waals surface area contributed by atoms with Crippen LogP contribution in [0.4, 0.5) is 11.5 Å². The number of rotatable bonds is 4. The Morgan fingerprint density at radius 3 is 2.62 bits per heavy atom. The molecule has 0 bridgehead atoms. The topological polar surface area (TPSA) is 67.3 Å². The molecule has 0 unspecified atom stereocenters. The minimum Gasteiger partial charge on any atom is -0.508 e. The van der Waals surface area contributed by atoms with Gasteiger partial charge in [0.25, 0.3) is 0 Å². The molecule has 0 amide bonds. The van der Waals surface area contributed by atoms with Crippen molar-refractivity contribution in [2.45, 2.75) is 6.92 Å². The summed E-state index contributed by atoms with van der Waals surface area (Å²) in [4.78, 5) is 9.78. The fraction of sp³-hybridized carbons (Fsp3) is 0.100. The van der Waals surface area contributed by atoms with Crippen LogP contribution in [0, 0.1) is 6.92 Å². The summed E-state index contributed by atoms with van der Waals surface area (Å²) in [6, 6.07) is 13.2. The monoisotopic (exact) mass is 363 g/mol. The highest BCUT2D eigenvalue weighted by atomic mass is 32.1. The first-order chi connectivity index (χ1) is 12.7. The van der Waals surface area contributed by atoms with Crippen molar-refractivity contribution in [2.24, 2.45) is 0 Å². The van der Waals surface area contributed by atoms with Crippen molar-refractivity contribution in [3.8, 4) is 22.6 Å². The fourth-order valence-corrected chi connectivity index (χ4v) is 3.78. The SMILES string of the molecule is COc1ccc(-c2csc3ncnc(Nc4ccc(O)cc4C)c23)cc1. The van der Waals surface area contributed by atoms with Crippen LogP contribution in [0.25, 0.3) is 21.3 Å². The molecule has 0 fully saturated rings. The Balaban J connectivity index is 1.81. The maximum Gasteiger partial charge on any atom is 0.143 e. The smallest absolute Gasteiger partial charge is 0.143 e. The molecule has 0 aliphatic heterocycles. The van der Waals surface area contributed by atoms with Crippen molar-refractivity contribution in [1.29, 1.82) is 0 Å². The number of aryl methyl sites for hydroxylation is 1. The molecule has 2 heterocycles. The molecular weight excluding hydrogens is 346 g/mol. The third-order valence-corrected chi connectivity index (χ3v) is 5.12. The summed E-state index contributed by atoms with van der Waals surface area (Å²) >= 11 is 1.59. The predicted molar refractivity (Wildman–Crippen MR) is 106 cm³/mol.